The molecule has 1 saturated heterocycles. The van der Waals surface area contributed by atoms with Crippen molar-refractivity contribution in [3.05, 3.63) is 35.1 Å². The fourth-order valence-electron chi connectivity index (χ4n) is 2.84. The van der Waals surface area contributed by atoms with Gasteiger partial charge in [-0.1, -0.05) is 5.16 Å². The maximum absolute atomic E-state index is 12.7. The molecule has 0 bridgehead atoms. The lowest BCUT2D eigenvalue weighted by Gasteiger charge is -2.32. The Morgan fingerprint density at radius 3 is 2.91 bits per heavy atom. The zero-order valence-corrected chi connectivity index (χ0v) is 13.6. The molecule has 1 fully saturated rings. The first-order chi connectivity index (χ1) is 11.0. The van der Waals surface area contributed by atoms with Gasteiger partial charge in [0.05, 0.1) is 12.2 Å². The summed E-state index contributed by atoms with van der Waals surface area (Å²) < 4.78 is 11.0. The van der Waals surface area contributed by atoms with Crippen molar-refractivity contribution in [2.75, 3.05) is 13.1 Å². The van der Waals surface area contributed by atoms with Gasteiger partial charge in [0.2, 0.25) is 5.88 Å². The van der Waals surface area contributed by atoms with Gasteiger partial charge in [0.1, 0.15) is 23.3 Å². The second-order valence-electron chi connectivity index (χ2n) is 5.77. The van der Waals surface area contributed by atoms with E-state index in [0.717, 1.165) is 12.8 Å². The first kappa shape index (κ1) is 15.5. The number of nitrogens with zero attached hydrogens (tertiary/aromatic N) is 4. The number of carbonyl (C=O) groups is 1. The maximum atomic E-state index is 12.7. The van der Waals surface area contributed by atoms with E-state index in [9.17, 15) is 4.79 Å². The number of aryl methyl sites for hydroxylation is 3. The molecule has 2 aromatic heterocycles. The smallest absolute Gasteiger partial charge is 0.259 e. The number of likely N-dealkylation sites (tertiary alicyclic amines) is 1. The molecular weight excluding hydrogens is 296 g/mol. The van der Waals surface area contributed by atoms with E-state index in [2.05, 4.69) is 15.1 Å². The lowest BCUT2D eigenvalue weighted by atomic mass is 10.1. The van der Waals surface area contributed by atoms with Crippen LogP contribution in [0.5, 0.6) is 5.88 Å². The van der Waals surface area contributed by atoms with Crippen molar-refractivity contribution in [3.63, 3.8) is 0 Å². The van der Waals surface area contributed by atoms with E-state index in [-0.39, 0.29) is 12.0 Å². The highest BCUT2D eigenvalue weighted by Crippen LogP contribution is 2.21. The molecule has 1 aliphatic rings. The summed E-state index contributed by atoms with van der Waals surface area (Å²) in [6.07, 6.45) is 3.40. The summed E-state index contributed by atoms with van der Waals surface area (Å²) in [7, 11) is 0. The SMILES string of the molecule is Cc1nccc(OC2CCCN(C(=O)c3c(C)noc3C)C2)n1. The summed E-state index contributed by atoms with van der Waals surface area (Å²) in [6.45, 7) is 6.61. The molecule has 1 amide bonds. The number of ether oxygens (including phenoxy) is 1. The van der Waals surface area contributed by atoms with E-state index >= 15 is 0 Å². The lowest BCUT2D eigenvalue weighted by molar-refractivity contribution is 0.0525. The molecule has 122 valence electrons. The summed E-state index contributed by atoms with van der Waals surface area (Å²) >= 11 is 0. The second-order valence-corrected chi connectivity index (χ2v) is 5.77. The summed E-state index contributed by atoms with van der Waals surface area (Å²) in [5, 5.41) is 3.86. The number of rotatable bonds is 3. The summed E-state index contributed by atoms with van der Waals surface area (Å²) in [4.78, 5) is 22.8. The minimum Gasteiger partial charge on any atom is -0.472 e. The topological polar surface area (TPSA) is 81.4 Å². The number of hydrogen-bond donors (Lipinski definition) is 0. The number of hydrogen-bond acceptors (Lipinski definition) is 6. The Labute approximate surface area is 134 Å². The average molecular weight is 316 g/mol. The van der Waals surface area contributed by atoms with Crippen LogP contribution in [0.4, 0.5) is 0 Å². The van der Waals surface area contributed by atoms with E-state index in [1.807, 2.05) is 6.92 Å². The van der Waals surface area contributed by atoms with Gasteiger partial charge in [-0.15, -0.1) is 0 Å². The van der Waals surface area contributed by atoms with Gasteiger partial charge in [-0.25, -0.2) is 4.98 Å². The lowest BCUT2D eigenvalue weighted by Crippen LogP contribution is -2.44. The molecule has 3 rings (SSSR count). The van der Waals surface area contributed by atoms with Crippen LogP contribution in [0.15, 0.2) is 16.8 Å². The monoisotopic (exact) mass is 316 g/mol. The maximum Gasteiger partial charge on any atom is 0.259 e. The van der Waals surface area contributed by atoms with Crippen molar-refractivity contribution in [3.8, 4) is 5.88 Å². The third-order valence-corrected chi connectivity index (χ3v) is 3.95. The zero-order valence-electron chi connectivity index (χ0n) is 13.6. The van der Waals surface area contributed by atoms with Crippen LogP contribution in [0.2, 0.25) is 0 Å². The minimum atomic E-state index is -0.0672. The zero-order chi connectivity index (χ0) is 16.4. The minimum absolute atomic E-state index is 0.0478. The third-order valence-electron chi connectivity index (χ3n) is 3.95. The average Bonchev–Trinajstić information content (AvgIpc) is 2.86. The molecule has 0 aromatic carbocycles. The molecule has 1 aliphatic heterocycles. The number of piperidine rings is 1. The van der Waals surface area contributed by atoms with Crippen LogP contribution >= 0.6 is 0 Å². The molecule has 7 nitrogen and oxygen atoms in total. The van der Waals surface area contributed by atoms with Crippen LogP contribution in [-0.2, 0) is 0 Å². The molecule has 3 heterocycles. The molecule has 0 aliphatic carbocycles. The Hall–Kier alpha value is -2.44. The van der Waals surface area contributed by atoms with E-state index in [0.29, 0.717) is 41.8 Å². The van der Waals surface area contributed by atoms with Gasteiger partial charge >= 0.3 is 0 Å². The number of amides is 1. The predicted octanol–water partition coefficient (Wildman–Crippen LogP) is 2.07. The molecular formula is C16H20N4O3. The van der Waals surface area contributed by atoms with Crippen LogP contribution in [0, 0.1) is 20.8 Å². The standard InChI is InChI=1S/C16H20N4O3/c1-10-15(11(2)23-19-10)16(21)20-8-4-5-13(9-20)22-14-6-7-17-12(3)18-14/h6-7,13H,4-5,8-9H2,1-3H3. The fraction of sp³-hybridized carbons (Fsp3) is 0.500. The van der Waals surface area contributed by atoms with Crippen LogP contribution in [-0.4, -0.2) is 45.1 Å². The Morgan fingerprint density at radius 2 is 2.22 bits per heavy atom. The Morgan fingerprint density at radius 1 is 1.39 bits per heavy atom. The Balaban J connectivity index is 1.70. The second kappa shape index (κ2) is 6.36. The van der Waals surface area contributed by atoms with Crippen LogP contribution < -0.4 is 4.74 Å². The largest absolute Gasteiger partial charge is 0.472 e. The number of aromatic nitrogens is 3. The summed E-state index contributed by atoms with van der Waals surface area (Å²) in [5.74, 6) is 1.73. The van der Waals surface area contributed by atoms with E-state index in [4.69, 9.17) is 9.26 Å². The van der Waals surface area contributed by atoms with E-state index in [1.165, 1.54) is 0 Å². The summed E-state index contributed by atoms with van der Waals surface area (Å²) in [5.41, 5.74) is 1.19. The normalized spacial score (nSPS) is 18.0. The Kier molecular flexibility index (Phi) is 4.27. The molecule has 0 spiro atoms. The van der Waals surface area contributed by atoms with Crippen molar-refractivity contribution < 1.29 is 14.1 Å². The van der Waals surface area contributed by atoms with Crippen molar-refractivity contribution in [1.29, 1.82) is 0 Å². The number of carbonyl (C=O) groups excluding carboxylic acids is 1. The van der Waals surface area contributed by atoms with Crippen LogP contribution in [0.25, 0.3) is 0 Å². The van der Waals surface area contributed by atoms with Gasteiger partial charge in [-0.05, 0) is 33.6 Å². The van der Waals surface area contributed by atoms with Gasteiger partial charge in [0, 0.05) is 18.8 Å². The highest BCUT2D eigenvalue weighted by molar-refractivity contribution is 5.96. The molecule has 1 unspecified atom stereocenters. The van der Waals surface area contributed by atoms with Gasteiger partial charge in [0.25, 0.3) is 5.91 Å². The molecule has 0 saturated carbocycles. The van der Waals surface area contributed by atoms with Crippen LogP contribution in [0.1, 0.15) is 40.5 Å². The molecule has 7 heteroatoms. The first-order valence-corrected chi connectivity index (χ1v) is 7.73. The molecule has 0 N–H and O–H groups in total. The highest BCUT2D eigenvalue weighted by Gasteiger charge is 2.29. The molecule has 1 atom stereocenters. The van der Waals surface area contributed by atoms with Gasteiger partial charge in [0.15, 0.2) is 0 Å². The van der Waals surface area contributed by atoms with Crippen molar-refractivity contribution in [2.24, 2.45) is 0 Å². The van der Waals surface area contributed by atoms with E-state index < -0.39 is 0 Å². The van der Waals surface area contributed by atoms with Crippen molar-refractivity contribution >= 4 is 5.91 Å². The van der Waals surface area contributed by atoms with Gasteiger partial charge in [-0.3, -0.25) is 4.79 Å². The van der Waals surface area contributed by atoms with Gasteiger partial charge < -0.3 is 14.2 Å². The van der Waals surface area contributed by atoms with E-state index in [1.54, 1.807) is 31.0 Å². The predicted molar refractivity (Wildman–Crippen MR) is 82.3 cm³/mol. The quantitative estimate of drug-likeness (QED) is 0.862. The third kappa shape index (κ3) is 3.33. The molecule has 0 radical (unpaired) electrons. The first-order valence-electron chi connectivity index (χ1n) is 7.73. The van der Waals surface area contributed by atoms with Gasteiger partial charge in [-0.2, -0.15) is 4.98 Å². The highest BCUT2D eigenvalue weighted by atomic mass is 16.5. The Bertz CT molecular complexity index is 694. The molecule has 2 aromatic rings. The van der Waals surface area contributed by atoms with Crippen LogP contribution in [0.3, 0.4) is 0 Å². The van der Waals surface area contributed by atoms with Crippen molar-refractivity contribution in [1.82, 2.24) is 20.0 Å². The summed E-state index contributed by atoms with van der Waals surface area (Å²) in [6, 6.07) is 1.74. The molecule has 23 heavy (non-hydrogen) atoms. The van der Waals surface area contributed by atoms with Crippen molar-refractivity contribution in [2.45, 2.75) is 39.7 Å². The fourth-order valence-corrected chi connectivity index (χ4v) is 2.84.